The molecule has 6 heteroatoms. The number of nitrogens with zero attached hydrogens (tertiary/aromatic N) is 2. The number of halogens is 1. The number of carbonyl (C=O) groups is 1. The highest BCUT2D eigenvalue weighted by molar-refractivity contribution is 6.35. The Labute approximate surface area is 113 Å². The number of nitrogens with two attached hydrogens (primary N) is 1. The van der Waals surface area contributed by atoms with Gasteiger partial charge in [0.1, 0.15) is 5.82 Å². The lowest BCUT2D eigenvalue weighted by Gasteiger charge is -1.96. The van der Waals surface area contributed by atoms with Crippen LogP contribution in [0, 0.1) is 0 Å². The highest BCUT2D eigenvalue weighted by Crippen LogP contribution is 2.28. The lowest BCUT2D eigenvalue weighted by molar-refractivity contribution is 0.101. The zero-order chi connectivity index (χ0) is 13.6. The molecule has 0 radical (unpaired) electrons. The van der Waals surface area contributed by atoms with Crippen LogP contribution in [0.3, 0.4) is 0 Å². The topological polar surface area (TPSA) is 74.0 Å². The van der Waals surface area contributed by atoms with E-state index < -0.39 is 0 Å². The number of ketones is 1. The fourth-order valence-corrected chi connectivity index (χ4v) is 2.11. The highest BCUT2D eigenvalue weighted by atomic mass is 35.5. The third kappa shape index (κ3) is 1.79. The first-order valence-electron chi connectivity index (χ1n) is 5.58. The Bertz CT molecular complexity index is 788. The monoisotopic (exact) mass is 275 g/mol. The summed E-state index contributed by atoms with van der Waals surface area (Å²) < 4.78 is 6.94. The number of para-hydroxylation sites is 1. The average molecular weight is 276 g/mol. The van der Waals surface area contributed by atoms with Gasteiger partial charge in [0.15, 0.2) is 11.3 Å². The number of aryl methyl sites for hydroxylation is 1. The maximum atomic E-state index is 12.3. The lowest BCUT2D eigenvalue weighted by atomic mass is 10.1. The van der Waals surface area contributed by atoms with Crippen molar-refractivity contribution in [1.82, 2.24) is 9.78 Å². The van der Waals surface area contributed by atoms with Gasteiger partial charge >= 0.3 is 0 Å². The van der Waals surface area contributed by atoms with Crippen LogP contribution in [0.25, 0.3) is 11.0 Å². The van der Waals surface area contributed by atoms with E-state index in [2.05, 4.69) is 5.10 Å². The van der Waals surface area contributed by atoms with Gasteiger partial charge in [-0.1, -0.05) is 23.7 Å². The molecule has 5 nitrogen and oxygen atoms in total. The van der Waals surface area contributed by atoms with Gasteiger partial charge in [-0.05, 0) is 12.1 Å². The number of hydrogen-bond donors (Lipinski definition) is 1. The van der Waals surface area contributed by atoms with Crippen LogP contribution in [-0.2, 0) is 7.05 Å². The van der Waals surface area contributed by atoms with E-state index in [-0.39, 0.29) is 11.5 Å². The molecule has 0 fully saturated rings. The Morgan fingerprint density at radius 3 is 2.89 bits per heavy atom. The molecule has 2 N–H and O–H groups in total. The third-order valence-corrected chi connectivity index (χ3v) is 3.25. The summed E-state index contributed by atoms with van der Waals surface area (Å²) in [6.07, 6.45) is 1.42. The number of aromatic nitrogens is 2. The summed E-state index contributed by atoms with van der Waals surface area (Å²) in [5.41, 5.74) is 6.59. The van der Waals surface area contributed by atoms with Gasteiger partial charge in [0, 0.05) is 12.4 Å². The summed E-state index contributed by atoms with van der Waals surface area (Å²) in [4.78, 5) is 12.3. The largest absolute Gasteiger partial charge is 0.451 e. The molecule has 3 rings (SSSR count). The molecule has 0 aliphatic rings. The average Bonchev–Trinajstić information content (AvgIpc) is 2.95. The summed E-state index contributed by atoms with van der Waals surface area (Å²) in [5.74, 6) is 0.192. The van der Waals surface area contributed by atoms with E-state index in [1.165, 1.54) is 10.9 Å². The molecule has 19 heavy (non-hydrogen) atoms. The SMILES string of the molecule is Cn1ncc(C(=O)c2cc3cccc(Cl)c3o2)c1N. The maximum absolute atomic E-state index is 12.3. The summed E-state index contributed by atoms with van der Waals surface area (Å²) in [7, 11) is 1.67. The molecule has 0 bridgehead atoms. The van der Waals surface area contributed by atoms with E-state index in [4.69, 9.17) is 21.8 Å². The van der Waals surface area contributed by atoms with Crippen molar-refractivity contribution in [2.45, 2.75) is 0 Å². The smallest absolute Gasteiger partial charge is 0.233 e. The first kappa shape index (κ1) is 11.8. The van der Waals surface area contributed by atoms with Gasteiger partial charge < -0.3 is 10.2 Å². The summed E-state index contributed by atoms with van der Waals surface area (Å²) >= 11 is 6.01. The van der Waals surface area contributed by atoms with Gasteiger partial charge in [0.05, 0.1) is 16.8 Å². The number of anilines is 1. The lowest BCUT2D eigenvalue weighted by Crippen LogP contribution is -2.05. The van der Waals surface area contributed by atoms with Crippen molar-refractivity contribution in [3.8, 4) is 0 Å². The van der Waals surface area contributed by atoms with Gasteiger partial charge in [0.25, 0.3) is 0 Å². The molecule has 2 heterocycles. The molecule has 96 valence electrons. The number of fused-ring (bicyclic) bond motifs is 1. The minimum atomic E-state index is -0.308. The molecule has 0 saturated heterocycles. The Hall–Kier alpha value is -2.27. The minimum absolute atomic E-state index is 0.197. The Morgan fingerprint density at radius 1 is 1.47 bits per heavy atom. The van der Waals surface area contributed by atoms with Gasteiger partial charge in [-0.25, -0.2) is 0 Å². The Morgan fingerprint density at radius 2 is 2.26 bits per heavy atom. The van der Waals surface area contributed by atoms with E-state index in [1.54, 1.807) is 25.2 Å². The molecule has 0 aliphatic heterocycles. The molecule has 0 unspecified atom stereocenters. The Balaban J connectivity index is 2.12. The van der Waals surface area contributed by atoms with E-state index >= 15 is 0 Å². The second-order valence-corrected chi connectivity index (χ2v) is 4.57. The van der Waals surface area contributed by atoms with Crippen LogP contribution < -0.4 is 5.73 Å². The number of benzene rings is 1. The molecule has 0 amide bonds. The van der Waals surface area contributed by atoms with E-state index in [9.17, 15) is 4.79 Å². The summed E-state index contributed by atoms with van der Waals surface area (Å²) in [6.45, 7) is 0. The summed E-state index contributed by atoms with van der Waals surface area (Å²) in [5, 5.41) is 5.18. The van der Waals surface area contributed by atoms with Gasteiger partial charge in [-0.15, -0.1) is 0 Å². The number of hydrogen-bond acceptors (Lipinski definition) is 4. The minimum Gasteiger partial charge on any atom is -0.451 e. The van der Waals surface area contributed by atoms with Crippen LogP contribution >= 0.6 is 11.6 Å². The first-order valence-corrected chi connectivity index (χ1v) is 5.96. The predicted octanol–water partition coefficient (Wildman–Crippen LogP) is 2.63. The molecule has 1 aromatic carbocycles. The zero-order valence-electron chi connectivity index (χ0n) is 10.1. The first-order chi connectivity index (χ1) is 9.08. The van der Waals surface area contributed by atoms with Crippen molar-refractivity contribution >= 4 is 34.2 Å². The van der Waals surface area contributed by atoms with Crippen LogP contribution in [0.4, 0.5) is 5.82 Å². The van der Waals surface area contributed by atoms with Crippen LogP contribution in [0.1, 0.15) is 16.1 Å². The van der Waals surface area contributed by atoms with Gasteiger partial charge in [0.2, 0.25) is 5.78 Å². The van der Waals surface area contributed by atoms with Crippen molar-refractivity contribution in [1.29, 1.82) is 0 Å². The number of furan rings is 1. The zero-order valence-corrected chi connectivity index (χ0v) is 10.8. The number of carbonyl (C=O) groups excluding carboxylic acids is 1. The number of nitrogen functional groups attached to an aromatic ring is 1. The molecular formula is C13H10ClN3O2. The molecular weight excluding hydrogens is 266 g/mol. The predicted molar refractivity (Wildman–Crippen MR) is 72.3 cm³/mol. The van der Waals surface area contributed by atoms with Crippen LogP contribution in [0.5, 0.6) is 0 Å². The van der Waals surface area contributed by atoms with Crippen LogP contribution in [0.2, 0.25) is 5.02 Å². The van der Waals surface area contributed by atoms with Crippen LogP contribution in [-0.4, -0.2) is 15.6 Å². The quantitative estimate of drug-likeness (QED) is 0.730. The third-order valence-electron chi connectivity index (χ3n) is 2.95. The molecule has 0 spiro atoms. The van der Waals surface area contributed by atoms with E-state index in [0.717, 1.165) is 5.39 Å². The molecule has 3 aromatic rings. The highest BCUT2D eigenvalue weighted by Gasteiger charge is 2.20. The van der Waals surface area contributed by atoms with Gasteiger partial charge in [-0.2, -0.15) is 5.10 Å². The molecule has 2 aromatic heterocycles. The molecule has 0 atom stereocenters. The van der Waals surface area contributed by atoms with Crippen LogP contribution in [0.15, 0.2) is 34.9 Å². The second-order valence-electron chi connectivity index (χ2n) is 4.17. The van der Waals surface area contributed by atoms with Crippen molar-refractivity contribution in [2.75, 3.05) is 5.73 Å². The maximum Gasteiger partial charge on any atom is 0.233 e. The normalized spacial score (nSPS) is 11.1. The van der Waals surface area contributed by atoms with Gasteiger partial charge in [-0.3, -0.25) is 9.48 Å². The molecule has 0 aliphatic carbocycles. The Kier molecular flexibility index (Phi) is 2.57. The second kappa shape index (κ2) is 4.13. The van der Waals surface area contributed by atoms with Crippen molar-refractivity contribution in [3.63, 3.8) is 0 Å². The van der Waals surface area contributed by atoms with Crippen molar-refractivity contribution in [3.05, 3.63) is 46.8 Å². The standard InChI is InChI=1S/C13H10ClN3O2/c1-17-13(15)8(6-16-17)11(18)10-5-7-3-2-4-9(14)12(7)19-10/h2-6H,15H2,1H3. The fourth-order valence-electron chi connectivity index (χ4n) is 1.89. The fraction of sp³-hybridized carbons (Fsp3) is 0.0769. The van der Waals surface area contributed by atoms with Crippen molar-refractivity contribution < 1.29 is 9.21 Å². The van der Waals surface area contributed by atoms with E-state index in [1.807, 2.05) is 6.07 Å². The number of rotatable bonds is 2. The molecule has 0 saturated carbocycles. The summed E-state index contributed by atoms with van der Waals surface area (Å²) in [6, 6.07) is 6.98. The van der Waals surface area contributed by atoms with E-state index in [0.29, 0.717) is 22.0 Å². The van der Waals surface area contributed by atoms with Crippen molar-refractivity contribution in [2.24, 2.45) is 7.05 Å².